The van der Waals surface area contributed by atoms with Crippen molar-refractivity contribution in [2.45, 2.75) is 63.8 Å². The summed E-state index contributed by atoms with van der Waals surface area (Å²) >= 11 is 1.28. The van der Waals surface area contributed by atoms with Crippen molar-refractivity contribution >= 4 is 46.2 Å². The summed E-state index contributed by atoms with van der Waals surface area (Å²) in [6, 6.07) is 9.96. The number of carbonyl (C=O) groups is 2. The lowest BCUT2D eigenvalue weighted by molar-refractivity contribution is -0.137. The fourth-order valence-corrected chi connectivity index (χ4v) is 5.49. The van der Waals surface area contributed by atoms with Crippen molar-refractivity contribution in [3.63, 3.8) is 0 Å². The second kappa shape index (κ2) is 9.13. The van der Waals surface area contributed by atoms with E-state index in [-0.39, 0.29) is 36.2 Å². The van der Waals surface area contributed by atoms with Crippen LogP contribution < -0.4 is 5.32 Å². The van der Waals surface area contributed by atoms with Gasteiger partial charge in [0.1, 0.15) is 12.3 Å². The van der Waals surface area contributed by atoms with Crippen LogP contribution in [0.2, 0.25) is 0 Å². The third kappa shape index (κ3) is 4.15. The lowest BCUT2D eigenvalue weighted by Gasteiger charge is -2.39. The molecule has 1 aliphatic rings. The highest BCUT2D eigenvalue weighted by atomic mass is 32.2. The molecule has 0 radical (unpaired) electrons. The summed E-state index contributed by atoms with van der Waals surface area (Å²) in [5.74, 6) is 1.59. The van der Waals surface area contributed by atoms with Crippen molar-refractivity contribution in [1.29, 1.82) is 0 Å². The van der Waals surface area contributed by atoms with E-state index in [1.807, 2.05) is 38.1 Å². The van der Waals surface area contributed by atoms with Crippen LogP contribution in [0.5, 0.6) is 0 Å². The van der Waals surface area contributed by atoms with Crippen molar-refractivity contribution in [3.05, 3.63) is 36.1 Å². The highest BCUT2D eigenvalue weighted by Crippen LogP contribution is 2.28. The van der Waals surface area contributed by atoms with Gasteiger partial charge in [0, 0.05) is 18.2 Å². The fraction of sp³-hybridized carbons (Fsp3) is 0.435. The van der Waals surface area contributed by atoms with Gasteiger partial charge in [-0.15, -0.1) is 10.2 Å². The minimum atomic E-state index is -0.220. The minimum Gasteiger partial charge on any atom is -0.360 e. The second-order valence-corrected chi connectivity index (χ2v) is 9.72. The minimum absolute atomic E-state index is 0.0856. The number of imidazole rings is 1. The van der Waals surface area contributed by atoms with Gasteiger partial charge in [-0.25, -0.2) is 0 Å². The van der Waals surface area contributed by atoms with E-state index in [0.29, 0.717) is 22.5 Å². The summed E-state index contributed by atoms with van der Waals surface area (Å²) in [7, 11) is 0. The third-order valence-electron chi connectivity index (χ3n) is 6.27. The molecule has 2 atom stereocenters. The Hall–Kier alpha value is -3.34. The number of piperidine rings is 1. The normalized spacial score (nSPS) is 18.6. The maximum atomic E-state index is 13.3. The first-order valence-electron chi connectivity index (χ1n) is 11.4. The zero-order valence-corrected chi connectivity index (χ0v) is 20.2. The summed E-state index contributed by atoms with van der Waals surface area (Å²) in [5.41, 5.74) is 1.80. The molecule has 10 nitrogen and oxygen atoms in total. The first-order chi connectivity index (χ1) is 16.4. The van der Waals surface area contributed by atoms with Crippen molar-refractivity contribution in [1.82, 2.24) is 29.2 Å². The Morgan fingerprint density at radius 2 is 1.88 bits per heavy atom. The molecule has 0 spiro atoms. The number of hydrogen-bond acceptors (Lipinski definition) is 7. The quantitative estimate of drug-likeness (QED) is 0.420. The van der Waals surface area contributed by atoms with Gasteiger partial charge in [0.25, 0.3) is 0 Å². The predicted octanol–water partition coefficient (Wildman–Crippen LogP) is 3.50. The number of nitrogens with one attached hydrogen (secondary N) is 1. The van der Waals surface area contributed by atoms with Gasteiger partial charge in [-0.05, 0) is 52.2 Å². The lowest BCUT2D eigenvalue weighted by atomic mass is 9.97. The van der Waals surface area contributed by atoms with E-state index in [0.717, 1.165) is 30.3 Å². The Morgan fingerprint density at radius 1 is 1.15 bits per heavy atom. The van der Waals surface area contributed by atoms with Gasteiger partial charge in [-0.3, -0.25) is 18.6 Å². The van der Waals surface area contributed by atoms with E-state index in [1.165, 1.54) is 11.8 Å². The monoisotopic (exact) mass is 481 g/mol. The van der Waals surface area contributed by atoms with Crippen molar-refractivity contribution in [2.24, 2.45) is 0 Å². The number of amides is 2. The number of fused-ring (bicyclic) bond motifs is 3. The van der Waals surface area contributed by atoms with Crippen LogP contribution >= 0.6 is 11.8 Å². The largest absolute Gasteiger partial charge is 0.360 e. The van der Waals surface area contributed by atoms with Crippen LogP contribution in [-0.4, -0.2) is 58.9 Å². The van der Waals surface area contributed by atoms with Crippen LogP contribution in [0.1, 0.15) is 38.9 Å². The summed E-state index contributed by atoms with van der Waals surface area (Å²) < 4.78 is 8.81. The van der Waals surface area contributed by atoms with Crippen molar-refractivity contribution < 1.29 is 14.1 Å². The molecule has 178 valence electrons. The number of aryl methyl sites for hydroxylation is 1. The number of benzene rings is 1. The Morgan fingerprint density at radius 3 is 2.59 bits per heavy atom. The molecule has 1 aliphatic heterocycles. The molecule has 1 aromatic carbocycles. The number of hydrogen-bond donors (Lipinski definition) is 1. The lowest BCUT2D eigenvalue weighted by Crippen LogP contribution is -2.48. The van der Waals surface area contributed by atoms with E-state index in [4.69, 9.17) is 4.52 Å². The zero-order valence-electron chi connectivity index (χ0n) is 19.4. The van der Waals surface area contributed by atoms with Crippen LogP contribution in [0, 0.1) is 6.92 Å². The maximum absolute atomic E-state index is 13.3. The number of nitrogens with zero attached hydrogens (tertiary/aromatic N) is 6. The zero-order chi connectivity index (χ0) is 23.8. The molecule has 11 heteroatoms. The molecule has 0 bridgehead atoms. The SMILES string of the molecule is Cc1cc(NC(=O)CSc2nnc3n(CC(=O)N4[C@H](C)CCC[C@@H]4C)c4ccccc4n23)no1. The van der Waals surface area contributed by atoms with Crippen LogP contribution in [0.3, 0.4) is 0 Å². The molecule has 1 N–H and O–H groups in total. The number of anilines is 1. The number of rotatable bonds is 6. The Bertz CT molecular complexity index is 1350. The third-order valence-corrected chi connectivity index (χ3v) is 7.20. The molecule has 34 heavy (non-hydrogen) atoms. The van der Waals surface area contributed by atoms with E-state index in [2.05, 4.69) is 34.5 Å². The predicted molar refractivity (Wildman–Crippen MR) is 129 cm³/mol. The molecule has 2 amide bonds. The molecule has 4 aromatic rings. The summed E-state index contributed by atoms with van der Waals surface area (Å²) in [6.45, 7) is 6.19. The topological polar surface area (TPSA) is 111 Å². The molecule has 1 fully saturated rings. The van der Waals surface area contributed by atoms with Crippen LogP contribution in [0.25, 0.3) is 16.8 Å². The smallest absolute Gasteiger partial charge is 0.243 e. The van der Waals surface area contributed by atoms with E-state index >= 15 is 0 Å². The van der Waals surface area contributed by atoms with Gasteiger partial charge in [-0.1, -0.05) is 29.1 Å². The molecule has 3 aromatic heterocycles. The molecule has 4 heterocycles. The van der Waals surface area contributed by atoms with E-state index < -0.39 is 0 Å². The van der Waals surface area contributed by atoms with Gasteiger partial charge in [-0.2, -0.15) is 0 Å². The van der Waals surface area contributed by atoms with E-state index in [9.17, 15) is 9.59 Å². The number of aromatic nitrogens is 5. The van der Waals surface area contributed by atoms with Gasteiger partial charge in [0.2, 0.25) is 17.6 Å². The average Bonchev–Trinajstić information content (AvgIpc) is 3.48. The van der Waals surface area contributed by atoms with E-state index in [1.54, 1.807) is 13.0 Å². The molecule has 0 saturated carbocycles. The standard InChI is InChI=1S/C23H27N7O3S/c1-14-7-6-8-15(2)29(14)21(32)12-28-17-9-4-5-10-18(17)30-22(28)25-26-23(30)34-13-20(31)24-19-11-16(3)33-27-19/h4-5,9-11,14-15H,6-8,12-13H2,1-3H3,(H,24,27,31)/t14-,15+. The highest BCUT2D eigenvalue weighted by Gasteiger charge is 2.30. The Balaban J connectivity index is 1.40. The van der Waals surface area contributed by atoms with Crippen LogP contribution in [0.15, 0.2) is 40.0 Å². The van der Waals surface area contributed by atoms with Crippen LogP contribution in [-0.2, 0) is 16.1 Å². The summed E-state index contributed by atoms with van der Waals surface area (Å²) in [5, 5.41) is 15.8. The number of para-hydroxylation sites is 2. The molecule has 5 rings (SSSR count). The molecule has 0 unspecified atom stereocenters. The molecular weight excluding hydrogens is 454 g/mol. The molecule has 1 saturated heterocycles. The second-order valence-electron chi connectivity index (χ2n) is 8.78. The van der Waals surface area contributed by atoms with Gasteiger partial charge in [0.15, 0.2) is 11.0 Å². The highest BCUT2D eigenvalue weighted by molar-refractivity contribution is 7.99. The van der Waals surface area contributed by atoms with Gasteiger partial charge in [0.05, 0.1) is 16.8 Å². The first-order valence-corrected chi connectivity index (χ1v) is 12.4. The van der Waals surface area contributed by atoms with Crippen molar-refractivity contribution in [2.75, 3.05) is 11.1 Å². The van der Waals surface area contributed by atoms with Crippen molar-refractivity contribution in [3.8, 4) is 0 Å². The molecular formula is C23H27N7O3S. The van der Waals surface area contributed by atoms with Gasteiger partial charge < -0.3 is 14.7 Å². The van der Waals surface area contributed by atoms with Crippen LogP contribution in [0.4, 0.5) is 5.82 Å². The summed E-state index contributed by atoms with van der Waals surface area (Å²) in [6.07, 6.45) is 3.20. The number of likely N-dealkylation sites (tertiary alicyclic amines) is 1. The molecule has 0 aliphatic carbocycles. The average molecular weight is 482 g/mol. The Labute approximate surface area is 200 Å². The van der Waals surface area contributed by atoms with Gasteiger partial charge >= 0.3 is 0 Å². The maximum Gasteiger partial charge on any atom is 0.243 e. The fourth-order valence-electron chi connectivity index (χ4n) is 4.75. The summed E-state index contributed by atoms with van der Waals surface area (Å²) in [4.78, 5) is 27.7. The first kappa shape index (κ1) is 22.5. The Kier molecular flexibility index (Phi) is 6.03. The number of carbonyl (C=O) groups excluding carboxylic acids is 2. The number of thioether (sulfide) groups is 1.